The van der Waals surface area contributed by atoms with Crippen molar-refractivity contribution in [1.82, 2.24) is 5.32 Å². The Balaban J connectivity index is 2.86. The van der Waals surface area contributed by atoms with E-state index in [0.29, 0.717) is 16.5 Å². The molecule has 1 amide bonds. The Morgan fingerprint density at radius 3 is 2.71 bits per heavy atom. The van der Waals surface area contributed by atoms with Gasteiger partial charge in [0.2, 0.25) is 0 Å². The molecule has 1 aromatic carbocycles. The lowest BCUT2D eigenvalue weighted by Crippen LogP contribution is -2.39. The van der Waals surface area contributed by atoms with Crippen LogP contribution in [-0.2, 0) is 0 Å². The summed E-state index contributed by atoms with van der Waals surface area (Å²) in [5.41, 5.74) is 0.577. The smallest absolute Gasteiger partial charge is 0.252 e. The molecule has 1 N–H and O–H groups in total. The third-order valence-corrected chi connectivity index (χ3v) is 4.34. The van der Waals surface area contributed by atoms with Crippen LogP contribution < -0.4 is 5.32 Å². The molecule has 1 unspecified atom stereocenters. The number of hydrogen-bond donors (Lipinski definition) is 1. The van der Waals surface area contributed by atoms with Crippen molar-refractivity contribution < 1.29 is 4.79 Å². The second kappa shape index (κ2) is 6.95. The molecule has 17 heavy (non-hydrogen) atoms. The molecule has 5 heteroatoms. The Morgan fingerprint density at radius 1 is 1.53 bits per heavy atom. The lowest BCUT2D eigenvalue weighted by Gasteiger charge is -2.20. The van der Waals surface area contributed by atoms with Gasteiger partial charge in [0.05, 0.1) is 5.56 Å². The van der Waals surface area contributed by atoms with E-state index < -0.39 is 0 Å². The van der Waals surface area contributed by atoms with Gasteiger partial charge in [-0.3, -0.25) is 4.79 Å². The first-order valence-electron chi connectivity index (χ1n) is 5.27. The highest BCUT2D eigenvalue weighted by molar-refractivity contribution is 14.1. The molecule has 1 rings (SSSR count). The number of alkyl halides is 1. The summed E-state index contributed by atoms with van der Waals surface area (Å²) < 4.78 is 1.65. The summed E-state index contributed by atoms with van der Waals surface area (Å²) in [7, 11) is 0. The maximum atomic E-state index is 12.1. The van der Waals surface area contributed by atoms with Crippen molar-refractivity contribution in [2.24, 2.45) is 5.92 Å². The highest BCUT2D eigenvalue weighted by Crippen LogP contribution is 2.21. The Morgan fingerprint density at radius 2 is 2.18 bits per heavy atom. The molecule has 94 valence electrons. The molecule has 0 fully saturated rings. The maximum Gasteiger partial charge on any atom is 0.252 e. The topological polar surface area (TPSA) is 29.1 Å². The van der Waals surface area contributed by atoms with Gasteiger partial charge in [0, 0.05) is 20.0 Å². The van der Waals surface area contributed by atoms with Gasteiger partial charge in [-0.25, -0.2) is 0 Å². The van der Waals surface area contributed by atoms with Gasteiger partial charge in [0.1, 0.15) is 0 Å². The monoisotopic (exact) mass is 429 g/mol. The normalized spacial score (nSPS) is 12.6. The SMILES string of the molecule is CC(C)C(CI)NC(=O)c1cc(Cl)ccc1Br. The average molecular weight is 431 g/mol. The number of carbonyl (C=O) groups excluding carboxylic acids is 1. The van der Waals surface area contributed by atoms with E-state index in [0.717, 1.165) is 8.90 Å². The second-order valence-corrected chi connectivity index (χ2v) is 6.27. The highest BCUT2D eigenvalue weighted by Gasteiger charge is 2.17. The largest absolute Gasteiger partial charge is 0.348 e. The van der Waals surface area contributed by atoms with Crippen LogP contribution >= 0.6 is 50.1 Å². The number of rotatable bonds is 4. The zero-order valence-corrected chi connectivity index (χ0v) is 14.1. The number of benzene rings is 1. The third-order valence-electron chi connectivity index (χ3n) is 2.46. The van der Waals surface area contributed by atoms with Crippen LogP contribution in [-0.4, -0.2) is 16.4 Å². The van der Waals surface area contributed by atoms with Crippen molar-refractivity contribution in [3.63, 3.8) is 0 Å². The molecule has 0 aliphatic heterocycles. The standard InChI is InChI=1S/C12H14BrClINO/c1-7(2)11(6-15)16-12(17)9-5-8(14)3-4-10(9)13/h3-5,7,11H,6H2,1-2H3,(H,16,17). The van der Waals surface area contributed by atoms with Crippen molar-refractivity contribution in [3.05, 3.63) is 33.3 Å². The Bertz CT molecular complexity index is 411. The molecule has 0 saturated heterocycles. The lowest BCUT2D eigenvalue weighted by atomic mass is 10.1. The fourth-order valence-corrected chi connectivity index (χ4v) is 3.14. The van der Waals surface area contributed by atoms with Crippen LogP contribution in [0.15, 0.2) is 22.7 Å². The summed E-state index contributed by atoms with van der Waals surface area (Å²) in [5.74, 6) is 0.323. The van der Waals surface area contributed by atoms with Crippen molar-refractivity contribution in [2.75, 3.05) is 4.43 Å². The molecule has 0 aliphatic carbocycles. The summed E-state index contributed by atoms with van der Waals surface area (Å²) >= 11 is 11.5. The van der Waals surface area contributed by atoms with Gasteiger partial charge in [-0.15, -0.1) is 0 Å². The minimum Gasteiger partial charge on any atom is -0.348 e. The molecular formula is C12H14BrClINO. The van der Waals surface area contributed by atoms with E-state index in [2.05, 4.69) is 57.7 Å². The van der Waals surface area contributed by atoms with Crippen molar-refractivity contribution in [1.29, 1.82) is 0 Å². The zero-order chi connectivity index (χ0) is 13.0. The van der Waals surface area contributed by atoms with E-state index in [1.54, 1.807) is 18.2 Å². The molecule has 1 atom stereocenters. The predicted molar refractivity (Wildman–Crippen MR) is 84.1 cm³/mol. The first-order chi connectivity index (χ1) is 7.95. The molecule has 0 saturated carbocycles. The highest BCUT2D eigenvalue weighted by atomic mass is 127. The van der Waals surface area contributed by atoms with Gasteiger partial charge in [-0.2, -0.15) is 0 Å². The minimum absolute atomic E-state index is 0.0882. The summed E-state index contributed by atoms with van der Waals surface area (Å²) in [6.07, 6.45) is 0. The summed E-state index contributed by atoms with van der Waals surface area (Å²) in [4.78, 5) is 12.1. The first kappa shape index (κ1) is 15.2. The molecule has 2 nitrogen and oxygen atoms in total. The summed E-state index contributed by atoms with van der Waals surface area (Å²) in [6, 6.07) is 5.38. The average Bonchev–Trinajstić information content (AvgIpc) is 2.28. The lowest BCUT2D eigenvalue weighted by molar-refractivity contribution is 0.0931. The van der Waals surface area contributed by atoms with Gasteiger partial charge in [-0.05, 0) is 40.0 Å². The van der Waals surface area contributed by atoms with Gasteiger partial charge in [-0.1, -0.05) is 48.0 Å². The van der Waals surface area contributed by atoms with E-state index in [1.807, 2.05) is 0 Å². The third kappa shape index (κ3) is 4.41. The fourth-order valence-electron chi connectivity index (χ4n) is 1.30. The van der Waals surface area contributed by atoms with E-state index >= 15 is 0 Å². The predicted octanol–water partition coefficient (Wildman–Crippen LogP) is 4.29. The number of nitrogens with one attached hydrogen (secondary N) is 1. The van der Waals surface area contributed by atoms with Crippen molar-refractivity contribution in [3.8, 4) is 0 Å². The molecule has 0 radical (unpaired) electrons. The maximum absolute atomic E-state index is 12.1. The number of hydrogen-bond acceptors (Lipinski definition) is 1. The molecule has 0 bridgehead atoms. The van der Waals surface area contributed by atoms with E-state index in [9.17, 15) is 4.79 Å². The van der Waals surface area contributed by atoms with Crippen molar-refractivity contribution >= 4 is 56.0 Å². The van der Waals surface area contributed by atoms with Crippen LogP contribution in [0.1, 0.15) is 24.2 Å². The molecule has 1 aromatic rings. The Hall–Kier alpha value is 0.190. The van der Waals surface area contributed by atoms with Crippen LogP contribution in [0, 0.1) is 5.92 Å². The summed E-state index contributed by atoms with van der Waals surface area (Å²) in [6.45, 7) is 4.19. The van der Waals surface area contributed by atoms with Crippen LogP contribution in [0.3, 0.4) is 0 Å². The van der Waals surface area contributed by atoms with Crippen LogP contribution in [0.5, 0.6) is 0 Å². The minimum atomic E-state index is -0.0882. The number of halogens is 3. The quantitative estimate of drug-likeness (QED) is 0.560. The van der Waals surface area contributed by atoms with Crippen LogP contribution in [0.25, 0.3) is 0 Å². The summed E-state index contributed by atoms with van der Waals surface area (Å²) in [5, 5.41) is 3.58. The number of amides is 1. The fraction of sp³-hybridized carbons (Fsp3) is 0.417. The van der Waals surface area contributed by atoms with E-state index in [4.69, 9.17) is 11.6 Å². The molecule has 0 aromatic heterocycles. The molecular weight excluding hydrogens is 416 g/mol. The molecule has 0 spiro atoms. The first-order valence-corrected chi connectivity index (χ1v) is 7.97. The van der Waals surface area contributed by atoms with Crippen LogP contribution in [0.2, 0.25) is 5.02 Å². The Kier molecular flexibility index (Phi) is 6.23. The van der Waals surface area contributed by atoms with Crippen LogP contribution in [0.4, 0.5) is 0 Å². The molecule has 0 heterocycles. The second-order valence-electron chi connectivity index (χ2n) is 4.10. The van der Waals surface area contributed by atoms with Gasteiger partial charge in [0.15, 0.2) is 0 Å². The van der Waals surface area contributed by atoms with Gasteiger partial charge in [0.25, 0.3) is 5.91 Å². The van der Waals surface area contributed by atoms with E-state index in [1.165, 1.54) is 0 Å². The van der Waals surface area contributed by atoms with Gasteiger partial charge < -0.3 is 5.32 Å². The molecule has 0 aliphatic rings. The van der Waals surface area contributed by atoms with Gasteiger partial charge >= 0.3 is 0 Å². The zero-order valence-electron chi connectivity index (χ0n) is 9.64. The van der Waals surface area contributed by atoms with Crippen molar-refractivity contribution in [2.45, 2.75) is 19.9 Å². The number of carbonyl (C=O) groups is 1. The Labute approximate surface area is 129 Å². The van der Waals surface area contributed by atoms with E-state index in [-0.39, 0.29) is 11.9 Å².